The lowest BCUT2D eigenvalue weighted by Gasteiger charge is -2.36. The minimum Gasteiger partial charge on any atom is -0.383 e. The van der Waals surface area contributed by atoms with Gasteiger partial charge in [-0.05, 0) is 38.9 Å². The molecule has 0 aliphatic carbocycles. The molecule has 3 N–H and O–H groups in total. The first-order valence-electron chi connectivity index (χ1n) is 11.2. The van der Waals surface area contributed by atoms with Crippen LogP contribution in [-0.4, -0.2) is 78.1 Å². The minimum atomic E-state index is -1.05. The van der Waals surface area contributed by atoms with Gasteiger partial charge in [-0.3, -0.25) is 9.58 Å². The number of halogens is 1. The van der Waals surface area contributed by atoms with Gasteiger partial charge in [0.15, 0.2) is 5.96 Å². The number of aliphatic imine (C=N–C) groups is 1. The summed E-state index contributed by atoms with van der Waals surface area (Å²) in [4.78, 5) is 9.57. The predicted octanol–water partition coefficient (Wildman–Crippen LogP) is 2.01. The van der Waals surface area contributed by atoms with Crippen molar-refractivity contribution >= 4 is 35.6 Å². The summed E-state index contributed by atoms with van der Waals surface area (Å²) in [6, 6.07) is 10.7. The topological polar surface area (TPSA) is 80.9 Å². The van der Waals surface area contributed by atoms with Crippen molar-refractivity contribution in [1.29, 1.82) is 0 Å². The van der Waals surface area contributed by atoms with Crippen LogP contribution in [0.4, 0.5) is 5.69 Å². The smallest absolute Gasteiger partial charge is 0.191 e. The Bertz CT molecular complexity index is 817. The summed E-state index contributed by atoms with van der Waals surface area (Å²) < 4.78 is 1.69. The van der Waals surface area contributed by atoms with Crippen molar-refractivity contribution in [3.63, 3.8) is 0 Å². The summed E-state index contributed by atoms with van der Waals surface area (Å²) >= 11 is 0. The highest BCUT2D eigenvalue weighted by Crippen LogP contribution is 2.20. The van der Waals surface area contributed by atoms with Gasteiger partial charge in [-0.2, -0.15) is 5.10 Å². The lowest BCUT2D eigenvalue weighted by atomic mass is 10.0. The Morgan fingerprint density at radius 2 is 1.88 bits per heavy atom. The number of nitrogens with one attached hydrogen (secondary N) is 2. The molecule has 1 atom stereocenters. The first kappa shape index (κ1) is 26.4. The molecule has 0 radical (unpaired) electrons. The van der Waals surface area contributed by atoms with E-state index >= 15 is 0 Å². The van der Waals surface area contributed by atoms with Crippen LogP contribution in [0.1, 0.15) is 25.8 Å². The van der Waals surface area contributed by atoms with Crippen molar-refractivity contribution in [2.75, 3.05) is 57.3 Å². The Morgan fingerprint density at radius 1 is 1.16 bits per heavy atom. The van der Waals surface area contributed by atoms with Gasteiger partial charge >= 0.3 is 0 Å². The Balaban J connectivity index is 0.00000363. The molecule has 0 bridgehead atoms. The quantitative estimate of drug-likeness (QED) is 0.190. The third-order valence-corrected chi connectivity index (χ3v) is 5.65. The number of rotatable bonds is 9. The zero-order chi connectivity index (χ0) is 22.1. The molecule has 1 fully saturated rings. The first-order valence-corrected chi connectivity index (χ1v) is 11.2. The normalized spacial score (nSPS) is 16.9. The molecular formula is C23H38IN7O. The van der Waals surface area contributed by atoms with E-state index in [0.29, 0.717) is 0 Å². The third kappa shape index (κ3) is 7.93. The Kier molecular flexibility index (Phi) is 10.7. The van der Waals surface area contributed by atoms with E-state index in [-0.39, 0.29) is 30.5 Å². The van der Waals surface area contributed by atoms with Gasteiger partial charge in [-0.25, -0.2) is 4.99 Å². The summed E-state index contributed by atoms with van der Waals surface area (Å²) in [6.45, 7) is 11.1. The van der Waals surface area contributed by atoms with Gasteiger partial charge in [0.1, 0.15) is 5.60 Å². The molecule has 178 valence electrons. The summed E-state index contributed by atoms with van der Waals surface area (Å²) in [5.74, 6) is 0.737. The molecule has 3 rings (SSSR count). The highest BCUT2D eigenvalue weighted by molar-refractivity contribution is 14.0. The number of hydrogen-bond acceptors (Lipinski definition) is 5. The molecule has 0 saturated carbocycles. The Labute approximate surface area is 209 Å². The van der Waals surface area contributed by atoms with E-state index in [1.165, 1.54) is 5.69 Å². The fourth-order valence-corrected chi connectivity index (χ4v) is 3.74. The lowest BCUT2D eigenvalue weighted by Crippen LogP contribution is -2.47. The van der Waals surface area contributed by atoms with E-state index in [2.05, 4.69) is 60.9 Å². The number of hydrogen-bond donors (Lipinski definition) is 3. The van der Waals surface area contributed by atoms with E-state index < -0.39 is 5.60 Å². The second kappa shape index (κ2) is 13.0. The van der Waals surface area contributed by atoms with Gasteiger partial charge in [-0.1, -0.05) is 18.2 Å². The number of anilines is 1. The Hall–Kier alpha value is -1.85. The maximum Gasteiger partial charge on any atom is 0.191 e. The highest BCUT2D eigenvalue weighted by atomic mass is 127. The third-order valence-electron chi connectivity index (χ3n) is 5.65. The molecule has 8 nitrogen and oxygen atoms in total. The number of aliphatic hydroxyl groups is 1. The van der Waals surface area contributed by atoms with Crippen LogP contribution in [0.5, 0.6) is 0 Å². The van der Waals surface area contributed by atoms with Crippen molar-refractivity contribution in [2.45, 2.75) is 25.9 Å². The standard InChI is InChI=1S/C23H37N7O.HI/c1-4-24-22(26-19-23(2,31)20-17-27-28(3)18-20)25-11-8-12-29-13-15-30(16-14-29)21-9-6-5-7-10-21;/h5-7,9-10,17-18,31H,4,8,11-16,19H2,1-3H3,(H2,24,25,26);1H. The summed E-state index contributed by atoms with van der Waals surface area (Å²) in [5, 5.41) is 21.5. The van der Waals surface area contributed by atoms with E-state index in [0.717, 1.165) is 63.8 Å². The van der Waals surface area contributed by atoms with Crippen LogP contribution in [0.2, 0.25) is 0 Å². The van der Waals surface area contributed by atoms with Crippen molar-refractivity contribution in [3.05, 3.63) is 48.3 Å². The minimum absolute atomic E-state index is 0. The molecule has 1 aliphatic heterocycles. The zero-order valence-electron chi connectivity index (χ0n) is 19.5. The molecule has 1 aliphatic rings. The van der Waals surface area contributed by atoms with Crippen LogP contribution >= 0.6 is 24.0 Å². The molecule has 0 amide bonds. The molecule has 1 aromatic carbocycles. The monoisotopic (exact) mass is 555 g/mol. The number of para-hydroxylation sites is 1. The summed E-state index contributed by atoms with van der Waals surface area (Å²) in [6.07, 6.45) is 4.57. The van der Waals surface area contributed by atoms with E-state index in [1.54, 1.807) is 17.8 Å². The molecular weight excluding hydrogens is 517 g/mol. The average molecular weight is 556 g/mol. The van der Waals surface area contributed by atoms with Gasteiger partial charge in [0.2, 0.25) is 0 Å². The highest BCUT2D eigenvalue weighted by Gasteiger charge is 2.24. The van der Waals surface area contributed by atoms with Crippen LogP contribution in [0, 0.1) is 0 Å². The predicted molar refractivity (Wildman–Crippen MR) is 142 cm³/mol. The van der Waals surface area contributed by atoms with Gasteiger partial charge in [-0.15, -0.1) is 24.0 Å². The second-order valence-electron chi connectivity index (χ2n) is 8.32. The largest absolute Gasteiger partial charge is 0.383 e. The number of piperazine rings is 1. The number of aryl methyl sites for hydroxylation is 1. The lowest BCUT2D eigenvalue weighted by molar-refractivity contribution is 0.0672. The van der Waals surface area contributed by atoms with Crippen LogP contribution in [0.3, 0.4) is 0 Å². The second-order valence-corrected chi connectivity index (χ2v) is 8.32. The number of benzene rings is 1. The van der Waals surface area contributed by atoms with Crippen molar-refractivity contribution in [2.24, 2.45) is 12.0 Å². The molecule has 1 saturated heterocycles. The van der Waals surface area contributed by atoms with Crippen LogP contribution < -0.4 is 15.5 Å². The first-order chi connectivity index (χ1) is 15.0. The van der Waals surface area contributed by atoms with Crippen LogP contribution in [0.15, 0.2) is 47.7 Å². The van der Waals surface area contributed by atoms with Crippen molar-refractivity contribution < 1.29 is 5.11 Å². The number of guanidine groups is 1. The van der Waals surface area contributed by atoms with E-state index in [9.17, 15) is 5.11 Å². The number of nitrogens with zero attached hydrogens (tertiary/aromatic N) is 5. The van der Waals surface area contributed by atoms with Crippen molar-refractivity contribution in [1.82, 2.24) is 25.3 Å². The fraction of sp³-hybridized carbons (Fsp3) is 0.565. The molecule has 9 heteroatoms. The zero-order valence-corrected chi connectivity index (χ0v) is 21.8. The van der Waals surface area contributed by atoms with Crippen LogP contribution in [0.25, 0.3) is 0 Å². The molecule has 2 aromatic rings. The molecule has 1 aromatic heterocycles. The van der Waals surface area contributed by atoms with Gasteiger partial charge in [0.25, 0.3) is 0 Å². The summed E-state index contributed by atoms with van der Waals surface area (Å²) in [7, 11) is 1.84. The molecule has 2 heterocycles. The van der Waals surface area contributed by atoms with E-state index in [4.69, 9.17) is 0 Å². The summed E-state index contributed by atoms with van der Waals surface area (Å²) in [5.41, 5.74) is 1.04. The maximum atomic E-state index is 10.7. The van der Waals surface area contributed by atoms with Gasteiger partial charge < -0.3 is 20.6 Å². The van der Waals surface area contributed by atoms with Crippen molar-refractivity contribution in [3.8, 4) is 0 Å². The SMILES string of the molecule is CCNC(=NCC(C)(O)c1cnn(C)c1)NCCCN1CCN(c2ccccc2)CC1.I. The Morgan fingerprint density at radius 3 is 2.50 bits per heavy atom. The maximum absolute atomic E-state index is 10.7. The van der Waals surface area contributed by atoms with Gasteiger partial charge in [0.05, 0.1) is 12.7 Å². The molecule has 32 heavy (non-hydrogen) atoms. The molecule has 0 spiro atoms. The van der Waals surface area contributed by atoms with Crippen LogP contribution in [-0.2, 0) is 12.6 Å². The molecule has 1 unspecified atom stereocenters. The average Bonchev–Trinajstić information content (AvgIpc) is 3.23. The fourth-order valence-electron chi connectivity index (χ4n) is 3.74. The van der Waals surface area contributed by atoms with Gasteiger partial charge in [0, 0.05) is 63.8 Å². The number of aromatic nitrogens is 2. The van der Waals surface area contributed by atoms with E-state index in [1.807, 2.05) is 20.2 Å².